The van der Waals surface area contributed by atoms with Crippen molar-refractivity contribution in [2.45, 2.75) is 39.9 Å². The highest BCUT2D eigenvalue weighted by Crippen LogP contribution is 2.14. The molecule has 2 aromatic heterocycles. The van der Waals surface area contributed by atoms with Gasteiger partial charge >= 0.3 is 5.69 Å². The van der Waals surface area contributed by atoms with E-state index >= 15 is 0 Å². The SMILES string of the molecule is CCn1ccc(CNC(=O)CCn2cc([N+](=O)[O-])c(C)n2)n1. The minimum atomic E-state index is -0.483. The summed E-state index contributed by atoms with van der Waals surface area (Å²) in [5.41, 5.74) is 1.10. The van der Waals surface area contributed by atoms with Gasteiger partial charge in [0.15, 0.2) is 0 Å². The van der Waals surface area contributed by atoms with Gasteiger partial charge in [-0.15, -0.1) is 0 Å². The van der Waals surface area contributed by atoms with Gasteiger partial charge in [-0.05, 0) is 19.9 Å². The Bertz CT molecular complexity index is 675. The zero-order chi connectivity index (χ0) is 16.1. The average molecular weight is 306 g/mol. The maximum atomic E-state index is 11.8. The second-order valence-corrected chi connectivity index (χ2v) is 4.81. The van der Waals surface area contributed by atoms with Crippen LogP contribution in [-0.2, 0) is 24.4 Å². The van der Waals surface area contributed by atoms with Gasteiger partial charge in [-0.1, -0.05) is 0 Å². The Hall–Kier alpha value is -2.71. The Labute approximate surface area is 127 Å². The van der Waals surface area contributed by atoms with Crippen LogP contribution < -0.4 is 5.32 Å². The number of aryl methyl sites for hydroxylation is 3. The Morgan fingerprint density at radius 3 is 2.77 bits per heavy atom. The molecule has 9 heteroatoms. The third-order valence-corrected chi connectivity index (χ3v) is 3.17. The van der Waals surface area contributed by atoms with E-state index in [1.54, 1.807) is 11.6 Å². The number of carbonyl (C=O) groups excluding carboxylic acids is 1. The van der Waals surface area contributed by atoms with Gasteiger partial charge in [-0.25, -0.2) is 0 Å². The summed E-state index contributed by atoms with van der Waals surface area (Å²) in [7, 11) is 0. The van der Waals surface area contributed by atoms with Crippen LogP contribution in [0, 0.1) is 17.0 Å². The molecule has 22 heavy (non-hydrogen) atoms. The quantitative estimate of drug-likeness (QED) is 0.607. The summed E-state index contributed by atoms with van der Waals surface area (Å²) in [5, 5.41) is 21.8. The summed E-state index contributed by atoms with van der Waals surface area (Å²) in [6.45, 7) is 5.00. The van der Waals surface area contributed by atoms with E-state index in [9.17, 15) is 14.9 Å². The number of nitro groups is 1. The van der Waals surface area contributed by atoms with E-state index in [4.69, 9.17) is 0 Å². The smallest absolute Gasteiger partial charge is 0.309 e. The van der Waals surface area contributed by atoms with Crippen molar-refractivity contribution in [2.75, 3.05) is 0 Å². The Morgan fingerprint density at radius 1 is 1.41 bits per heavy atom. The number of amides is 1. The maximum absolute atomic E-state index is 11.8. The molecule has 0 radical (unpaired) electrons. The summed E-state index contributed by atoms with van der Waals surface area (Å²) in [6, 6.07) is 1.85. The number of carbonyl (C=O) groups is 1. The van der Waals surface area contributed by atoms with E-state index in [1.165, 1.54) is 10.9 Å². The van der Waals surface area contributed by atoms with E-state index in [0.717, 1.165) is 12.2 Å². The van der Waals surface area contributed by atoms with Gasteiger partial charge in [0.05, 0.1) is 17.2 Å². The molecule has 9 nitrogen and oxygen atoms in total. The zero-order valence-corrected chi connectivity index (χ0v) is 12.5. The van der Waals surface area contributed by atoms with Gasteiger partial charge in [0.2, 0.25) is 5.91 Å². The molecule has 0 saturated heterocycles. The van der Waals surface area contributed by atoms with E-state index in [1.807, 2.05) is 19.2 Å². The Balaban J connectivity index is 1.80. The number of hydrogen-bond acceptors (Lipinski definition) is 5. The third kappa shape index (κ3) is 3.90. The molecule has 0 aliphatic carbocycles. The summed E-state index contributed by atoms with van der Waals surface area (Å²) >= 11 is 0. The fourth-order valence-corrected chi connectivity index (χ4v) is 1.97. The van der Waals surface area contributed by atoms with E-state index in [-0.39, 0.29) is 18.0 Å². The number of nitrogens with one attached hydrogen (secondary N) is 1. The van der Waals surface area contributed by atoms with Crippen LogP contribution in [0.2, 0.25) is 0 Å². The first kappa shape index (κ1) is 15.7. The van der Waals surface area contributed by atoms with Crippen LogP contribution in [-0.4, -0.2) is 30.4 Å². The molecule has 1 amide bonds. The molecule has 0 aromatic carbocycles. The van der Waals surface area contributed by atoms with Crippen LogP contribution in [0.3, 0.4) is 0 Å². The molecule has 0 bridgehead atoms. The predicted octanol–water partition coefficient (Wildman–Crippen LogP) is 1.02. The highest BCUT2D eigenvalue weighted by atomic mass is 16.6. The Kier molecular flexibility index (Phi) is 4.87. The van der Waals surface area contributed by atoms with Crippen LogP contribution in [0.5, 0.6) is 0 Å². The molecule has 0 fully saturated rings. The first-order valence-electron chi connectivity index (χ1n) is 6.97. The average Bonchev–Trinajstić information content (AvgIpc) is 3.09. The number of aromatic nitrogens is 4. The lowest BCUT2D eigenvalue weighted by atomic mass is 10.3. The minimum Gasteiger partial charge on any atom is -0.350 e. The van der Waals surface area contributed by atoms with Gasteiger partial charge in [0.1, 0.15) is 11.9 Å². The van der Waals surface area contributed by atoms with Gasteiger partial charge in [-0.3, -0.25) is 24.3 Å². The van der Waals surface area contributed by atoms with Crippen molar-refractivity contribution in [1.29, 1.82) is 0 Å². The molecule has 118 valence electrons. The second kappa shape index (κ2) is 6.83. The molecule has 0 aliphatic rings. The van der Waals surface area contributed by atoms with Crippen molar-refractivity contribution in [3.8, 4) is 0 Å². The molecule has 0 spiro atoms. The summed E-state index contributed by atoms with van der Waals surface area (Å²) in [5.74, 6) is -0.151. The van der Waals surface area contributed by atoms with E-state index in [2.05, 4.69) is 15.5 Å². The second-order valence-electron chi connectivity index (χ2n) is 4.81. The van der Waals surface area contributed by atoms with E-state index in [0.29, 0.717) is 18.8 Å². The minimum absolute atomic E-state index is 0.0366. The zero-order valence-electron chi connectivity index (χ0n) is 12.5. The van der Waals surface area contributed by atoms with Crippen LogP contribution in [0.4, 0.5) is 5.69 Å². The van der Waals surface area contributed by atoms with Crippen molar-refractivity contribution < 1.29 is 9.72 Å². The van der Waals surface area contributed by atoms with Crippen molar-refractivity contribution in [1.82, 2.24) is 24.9 Å². The molecule has 2 aromatic rings. The van der Waals surface area contributed by atoms with Crippen LogP contribution >= 0.6 is 0 Å². The number of nitrogens with zero attached hydrogens (tertiary/aromatic N) is 5. The van der Waals surface area contributed by atoms with Crippen LogP contribution in [0.1, 0.15) is 24.7 Å². The van der Waals surface area contributed by atoms with Crippen molar-refractivity contribution >= 4 is 11.6 Å². The number of hydrogen-bond donors (Lipinski definition) is 1. The molecule has 1 N–H and O–H groups in total. The largest absolute Gasteiger partial charge is 0.350 e. The molecule has 2 rings (SSSR count). The molecule has 2 heterocycles. The van der Waals surface area contributed by atoms with Gasteiger partial charge in [-0.2, -0.15) is 10.2 Å². The third-order valence-electron chi connectivity index (χ3n) is 3.17. The van der Waals surface area contributed by atoms with Crippen LogP contribution in [0.25, 0.3) is 0 Å². The normalized spacial score (nSPS) is 10.6. The molecule has 0 saturated carbocycles. The highest BCUT2D eigenvalue weighted by Gasteiger charge is 2.15. The lowest BCUT2D eigenvalue weighted by molar-refractivity contribution is -0.385. The predicted molar refractivity (Wildman–Crippen MR) is 78.0 cm³/mol. The molecular weight excluding hydrogens is 288 g/mol. The number of rotatable bonds is 7. The van der Waals surface area contributed by atoms with Crippen LogP contribution in [0.15, 0.2) is 18.5 Å². The summed E-state index contributed by atoms with van der Waals surface area (Å²) in [6.07, 6.45) is 3.39. The lowest BCUT2D eigenvalue weighted by Gasteiger charge is -2.03. The topological polar surface area (TPSA) is 108 Å². The fourth-order valence-electron chi connectivity index (χ4n) is 1.97. The van der Waals surface area contributed by atoms with Gasteiger partial charge in [0.25, 0.3) is 0 Å². The molecule has 0 aliphatic heterocycles. The monoisotopic (exact) mass is 306 g/mol. The summed E-state index contributed by atoms with van der Waals surface area (Å²) < 4.78 is 3.20. The standard InChI is InChI=1S/C13H18N6O3/c1-3-17-6-4-11(16-17)8-14-13(20)5-7-18-9-12(19(21)22)10(2)15-18/h4,6,9H,3,5,7-8H2,1-2H3,(H,14,20). The maximum Gasteiger partial charge on any atom is 0.309 e. The van der Waals surface area contributed by atoms with Gasteiger partial charge < -0.3 is 5.32 Å². The molecule has 0 atom stereocenters. The lowest BCUT2D eigenvalue weighted by Crippen LogP contribution is -2.24. The molecular formula is C13H18N6O3. The van der Waals surface area contributed by atoms with Crippen molar-refractivity contribution in [3.05, 3.63) is 40.0 Å². The molecule has 0 unspecified atom stereocenters. The first-order chi connectivity index (χ1) is 10.5. The van der Waals surface area contributed by atoms with Crippen molar-refractivity contribution in [2.24, 2.45) is 0 Å². The fraction of sp³-hybridized carbons (Fsp3) is 0.462. The first-order valence-corrected chi connectivity index (χ1v) is 6.97. The summed E-state index contributed by atoms with van der Waals surface area (Å²) in [4.78, 5) is 22.0. The van der Waals surface area contributed by atoms with E-state index < -0.39 is 4.92 Å². The van der Waals surface area contributed by atoms with Crippen molar-refractivity contribution in [3.63, 3.8) is 0 Å². The highest BCUT2D eigenvalue weighted by molar-refractivity contribution is 5.75. The van der Waals surface area contributed by atoms with Gasteiger partial charge in [0, 0.05) is 25.7 Å². The Morgan fingerprint density at radius 2 is 2.18 bits per heavy atom.